The van der Waals surface area contributed by atoms with E-state index in [0.29, 0.717) is 61.4 Å². The molecule has 16 rings (SSSR count). The molecule has 2 amide bonds. The molecule has 6 heterocycles. The molecule has 21 nitrogen and oxygen atoms in total. The molecule has 3 spiro atoms. The Kier molecular flexibility index (Phi) is 31.3. The van der Waals surface area contributed by atoms with E-state index in [1.54, 1.807) is 0 Å². The molecule has 648 valence electrons. The van der Waals surface area contributed by atoms with E-state index in [1.165, 1.54) is 33.3 Å². The molecule has 9 atom stereocenters. The number of carboxylic acids is 1. The second-order valence-corrected chi connectivity index (χ2v) is 36.0. The van der Waals surface area contributed by atoms with Crippen LogP contribution in [0, 0.1) is 47.3 Å². The van der Waals surface area contributed by atoms with Crippen molar-refractivity contribution in [2.75, 3.05) is 100 Å². The Morgan fingerprint density at radius 1 is 0.487 bits per heavy atom. The molecule has 117 heavy (non-hydrogen) atoms. The largest absolute Gasteiger partial charge is 0.481 e. The van der Waals surface area contributed by atoms with E-state index in [0.717, 1.165) is 234 Å². The molecule has 4 N–H and O–H groups in total. The number of carbonyl (C=O) groups excluding carboxylic acids is 6. The maximum absolute atomic E-state index is 13.6. The number of amides is 2. The third kappa shape index (κ3) is 24.2. The summed E-state index contributed by atoms with van der Waals surface area (Å²) in [7, 11) is 4.28. The third-order valence-corrected chi connectivity index (χ3v) is 28.3. The van der Waals surface area contributed by atoms with E-state index in [9.17, 15) is 65.0 Å². The van der Waals surface area contributed by atoms with Crippen LogP contribution in [0.4, 0.5) is 26.3 Å². The molecule has 7 saturated carbocycles. The van der Waals surface area contributed by atoms with Crippen molar-refractivity contribution in [1.82, 2.24) is 30.2 Å². The molecule has 27 heteroatoms. The summed E-state index contributed by atoms with van der Waals surface area (Å²) in [5, 5.41) is 25.2. The van der Waals surface area contributed by atoms with Gasteiger partial charge in [0.25, 0.3) is 0 Å². The number of aliphatic carboxylic acids is 1. The molecule has 3 aromatic rings. The van der Waals surface area contributed by atoms with E-state index in [4.69, 9.17) is 24.1 Å². The summed E-state index contributed by atoms with van der Waals surface area (Å²) in [6.07, 6.45) is 15.7. The maximum Gasteiger partial charge on any atom is 0.471 e. The molecule has 13 fully saturated rings. The molecule has 6 saturated heterocycles. The van der Waals surface area contributed by atoms with E-state index in [2.05, 4.69) is 60.2 Å². The lowest BCUT2D eigenvalue weighted by atomic mass is 9.81. The number of carboxylic acid groups (broad SMARTS) is 1. The fourth-order valence-corrected chi connectivity index (χ4v) is 21.0. The number of carbonyl (C=O) groups is 7. The van der Waals surface area contributed by atoms with Crippen molar-refractivity contribution >= 4 is 42.0 Å². The number of alkyl halides is 6. The highest BCUT2D eigenvalue weighted by Gasteiger charge is 2.59. The van der Waals surface area contributed by atoms with E-state index in [1.807, 2.05) is 60.7 Å². The number of aliphatic hydroxyl groups is 1. The average molecular weight is 1650 g/mol. The van der Waals surface area contributed by atoms with Gasteiger partial charge in [0.2, 0.25) is 0 Å². The van der Waals surface area contributed by atoms with Gasteiger partial charge in [0.05, 0.1) is 93.7 Å². The number of aliphatic hydroxyl groups excluding tert-OH is 1. The van der Waals surface area contributed by atoms with Gasteiger partial charge in [0.1, 0.15) is 6.29 Å². The number of aldehydes is 1. The Balaban J connectivity index is 0.000000143. The van der Waals surface area contributed by atoms with Crippen LogP contribution in [-0.4, -0.2) is 237 Å². The fraction of sp³-hybridized carbons (Fsp3) is 0.722. The summed E-state index contributed by atoms with van der Waals surface area (Å²) in [5.74, 6) is -1.93. The van der Waals surface area contributed by atoms with Crippen molar-refractivity contribution in [2.45, 2.75) is 263 Å². The Morgan fingerprint density at radius 3 is 1.22 bits per heavy atom. The summed E-state index contributed by atoms with van der Waals surface area (Å²) >= 11 is 0. The summed E-state index contributed by atoms with van der Waals surface area (Å²) in [5.41, 5.74) is 2.70. The lowest BCUT2D eigenvalue weighted by Gasteiger charge is -2.41. The number of methoxy groups -OCH3 is 3. The topological polar surface area (TPSA) is 252 Å². The van der Waals surface area contributed by atoms with Crippen molar-refractivity contribution < 1.29 is 98.5 Å². The first-order valence-electron chi connectivity index (χ1n) is 43.5. The highest BCUT2D eigenvalue weighted by atomic mass is 19.4. The third-order valence-electron chi connectivity index (χ3n) is 28.3. The van der Waals surface area contributed by atoms with Crippen LogP contribution in [0.3, 0.4) is 0 Å². The lowest BCUT2D eigenvalue weighted by Crippen LogP contribution is -2.50. The van der Waals surface area contributed by atoms with Crippen LogP contribution in [0.5, 0.6) is 0 Å². The zero-order valence-corrected chi connectivity index (χ0v) is 68.6. The van der Waals surface area contributed by atoms with Crippen molar-refractivity contribution in [3.8, 4) is 0 Å². The fourth-order valence-electron chi connectivity index (χ4n) is 21.0. The molecule has 0 radical (unpaired) electrons. The molecule has 0 aromatic heterocycles. The van der Waals surface area contributed by atoms with E-state index < -0.39 is 59.9 Å². The zero-order valence-electron chi connectivity index (χ0n) is 68.6. The van der Waals surface area contributed by atoms with Gasteiger partial charge in [-0.3, -0.25) is 28.8 Å². The van der Waals surface area contributed by atoms with Crippen LogP contribution >= 0.6 is 0 Å². The molecule has 3 aromatic carbocycles. The summed E-state index contributed by atoms with van der Waals surface area (Å²) in [6.45, 7) is 9.13. The molecule has 0 bridgehead atoms. The standard InChI is InChI=1S/C28H37F3N2O4.C25H36N2O3.C19H23F3N2O2.C9H16O3.C9H14O3/c1-36-25(34)21-9-7-19(8-10-21)17-32-13-11-27(12-14-32)16-22(18-37-27)33(26(35)28(29,30)31)24-15-23(24)20-5-3-2-4-6-20;28-24(29)20-8-6-18(7-9-20)16-27-12-10-25(11-13-27)15-21(17-30-25)26-23-14-22(23)19-4-2-1-3-5-19;20-19(21,22)17(25)24(16-10-15(16)13-4-2-1-3-5-13)14-11-18(26-12-14)6-8-23-9-7-18;2*1-12-9(11)8-4-2-7(6-10)3-5-8/h2-6,19,21-24H,7-18H2,1H3;1-5,18,20-23,26H,6-17H2,(H,28,29);1-5,14-16,23H,6-12H2;7-8,10H,2-6H2,1H3;6-8H,2-5H2,1H3/t19?,21?,22?,23-,24+;18?,20?,21?,22-,23+;14?,15-,16+;;/m000../s1. The quantitative estimate of drug-likeness (QED) is 0.0377. The summed E-state index contributed by atoms with van der Waals surface area (Å²) in [4.78, 5) is 87.4. The second kappa shape index (κ2) is 40.9. The predicted octanol–water partition coefficient (Wildman–Crippen LogP) is 13.2. The number of hydrogen-bond acceptors (Lipinski definition) is 18. The van der Waals surface area contributed by atoms with E-state index in [-0.39, 0.29) is 90.4 Å². The highest BCUT2D eigenvalue weighted by molar-refractivity contribution is 5.84. The summed E-state index contributed by atoms with van der Waals surface area (Å²) < 4.78 is 113. The van der Waals surface area contributed by atoms with Crippen LogP contribution in [-0.2, 0) is 62.0 Å². The molecule has 7 aliphatic carbocycles. The van der Waals surface area contributed by atoms with Crippen LogP contribution in [0.1, 0.15) is 214 Å². The molecule has 3 unspecified atom stereocenters. The maximum atomic E-state index is 13.6. The number of nitrogens with zero attached hydrogens (tertiary/aromatic N) is 4. The van der Waals surface area contributed by atoms with Crippen LogP contribution in [0.15, 0.2) is 91.0 Å². The van der Waals surface area contributed by atoms with Gasteiger partial charge in [-0.05, 0) is 227 Å². The normalized spacial score (nSPS) is 32.1. The number of halogens is 6. The number of hydrogen-bond donors (Lipinski definition) is 4. The van der Waals surface area contributed by atoms with Gasteiger partial charge < -0.3 is 73.7 Å². The number of esters is 3. The van der Waals surface area contributed by atoms with E-state index >= 15 is 0 Å². The molecular formula is C90H126F6N6O15. The second-order valence-electron chi connectivity index (χ2n) is 36.0. The smallest absolute Gasteiger partial charge is 0.471 e. The van der Waals surface area contributed by atoms with Gasteiger partial charge in [0, 0.05) is 93.7 Å². The van der Waals surface area contributed by atoms with Crippen LogP contribution in [0.25, 0.3) is 0 Å². The van der Waals surface area contributed by atoms with Gasteiger partial charge in [-0.25, -0.2) is 0 Å². The van der Waals surface area contributed by atoms with Crippen molar-refractivity contribution in [3.63, 3.8) is 0 Å². The summed E-state index contributed by atoms with van der Waals surface area (Å²) in [6, 6.07) is 29.1. The van der Waals surface area contributed by atoms with Gasteiger partial charge in [0.15, 0.2) is 0 Å². The van der Waals surface area contributed by atoms with Gasteiger partial charge in [-0.1, -0.05) is 91.0 Å². The molecule has 13 aliphatic rings. The highest BCUT2D eigenvalue weighted by Crippen LogP contribution is 2.52. The Labute approximate surface area is 685 Å². The van der Waals surface area contributed by atoms with Gasteiger partial charge in [-0.2, -0.15) is 26.3 Å². The Bertz CT molecular complexity index is 3660. The van der Waals surface area contributed by atoms with Gasteiger partial charge >= 0.3 is 48.0 Å². The van der Waals surface area contributed by atoms with Crippen LogP contribution < -0.4 is 10.6 Å². The van der Waals surface area contributed by atoms with Crippen molar-refractivity contribution in [3.05, 3.63) is 108 Å². The first kappa shape index (κ1) is 89.7. The Morgan fingerprint density at radius 2 is 0.846 bits per heavy atom. The minimum Gasteiger partial charge on any atom is -0.481 e. The first-order chi connectivity index (χ1) is 56.2. The number of piperidine rings is 3. The zero-order chi connectivity index (χ0) is 83.1. The van der Waals surface area contributed by atoms with Crippen LogP contribution in [0.2, 0.25) is 0 Å². The number of benzene rings is 3. The minimum absolute atomic E-state index is 0.0185. The number of ether oxygens (including phenoxy) is 6. The number of likely N-dealkylation sites (tertiary alicyclic amines) is 2. The molecular weight excluding hydrogens is 1520 g/mol. The monoisotopic (exact) mass is 1640 g/mol. The first-order valence-corrected chi connectivity index (χ1v) is 43.5. The molecule has 6 aliphatic heterocycles. The average Bonchev–Trinajstić information content (AvgIpc) is 1.60. The minimum atomic E-state index is -4.89. The number of rotatable bonds is 19. The predicted molar refractivity (Wildman–Crippen MR) is 425 cm³/mol. The van der Waals surface area contributed by atoms with Gasteiger partial charge in [-0.15, -0.1) is 0 Å². The van der Waals surface area contributed by atoms with Crippen molar-refractivity contribution in [1.29, 1.82) is 0 Å². The number of nitrogens with one attached hydrogen (secondary N) is 2. The SMILES string of the molecule is COC(=O)C1CCC(C=O)CC1.COC(=O)C1CCC(CN2CCC3(CC2)CC(N(C(=O)C(F)(F)F)[C@@H]2C[C@H]2c2ccccc2)CO3)CC1.COC(=O)C1CCC(CO)CC1.O=C(N(C1COC2(CCNCC2)C1)[C@@H]1C[C@H]1c1ccccc1)C(F)(F)F.O=C(O)C1CCC(CN2CCC3(CC2)CC(N[C@@H]2C[C@H]2c2ccccc2)CO3)CC1. The van der Waals surface area contributed by atoms with Crippen molar-refractivity contribution in [2.24, 2.45) is 47.3 Å². The lowest BCUT2D eigenvalue weighted by molar-refractivity contribution is -0.188. The Hall–Kier alpha value is -6.59.